The highest BCUT2D eigenvalue weighted by Gasteiger charge is 2.16. The van der Waals surface area contributed by atoms with Gasteiger partial charge in [0.15, 0.2) is 0 Å². The molecule has 1 unspecified atom stereocenters. The van der Waals surface area contributed by atoms with E-state index in [0.717, 1.165) is 30.3 Å². The van der Waals surface area contributed by atoms with Gasteiger partial charge in [-0.25, -0.2) is 0 Å². The molecule has 3 heteroatoms. The molecule has 1 fully saturated rings. The van der Waals surface area contributed by atoms with Gasteiger partial charge in [0.05, 0.1) is 6.42 Å². The molecule has 1 aliphatic rings. The van der Waals surface area contributed by atoms with Gasteiger partial charge < -0.3 is 10.2 Å². The van der Waals surface area contributed by atoms with Crippen molar-refractivity contribution in [2.24, 2.45) is 5.92 Å². The number of nitrogens with one attached hydrogen (secondary N) is 1. The van der Waals surface area contributed by atoms with Crippen LogP contribution in [0.25, 0.3) is 0 Å². The first-order valence-corrected chi connectivity index (χ1v) is 8.80. The molecule has 2 aromatic rings. The van der Waals surface area contributed by atoms with Crippen LogP contribution in [0.5, 0.6) is 0 Å². The van der Waals surface area contributed by atoms with Crippen LogP contribution >= 0.6 is 0 Å². The molecule has 126 valence electrons. The third-order valence-electron chi connectivity index (χ3n) is 4.66. The van der Waals surface area contributed by atoms with E-state index in [1.54, 1.807) is 0 Å². The molecule has 2 aromatic carbocycles. The molecule has 0 aliphatic carbocycles. The van der Waals surface area contributed by atoms with Crippen molar-refractivity contribution in [2.45, 2.75) is 33.1 Å². The summed E-state index contributed by atoms with van der Waals surface area (Å²) in [5.74, 6) is 0.783. The third kappa shape index (κ3) is 4.38. The van der Waals surface area contributed by atoms with Gasteiger partial charge >= 0.3 is 0 Å². The fraction of sp³-hybridized carbons (Fsp3) is 0.381. The summed E-state index contributed by atoms with van der Waals surface area (Å²) < 4.78 is 0. The van der Waals surface area contributed by atoms with Crippen molar-refractivity contribution >= 4 is 17.3 Å². The summed E-state index contributed by atoms with van der Waals surface area (Å²) in [6, 6.07) is 16.3. The number of rotatable bonds is 4. The van der Waals surface area contributed by atoms with Gasteiger partial charge in [0.1, 0.15) is 0 Å². The zero-order valence-electron chi connectivity index (χ0n) is 14.6. The monoisotopic (exact) mass is 322 g/mol. The van der Waals surface area contributed by atoms with Gasteiger partial charge in [-0.15, -0.1) is 0 Å². The second kappa shape index (κ2) is 7.52. The summed E-state index contributed by atoms with van der Waals surface area (Å²) in [5, 5.41) is 2.99. The Balaban J connectivity index is 1.57. The number of benzene rings is 2. The Morgan fingerprint density at radius 1 is 1.12 bits per heavy atom. The molecule has 24 heavy (non-hydrogen) atoms. The number of anilines is 2. The highest BCUT2D eigenvalue weighted by atomic mass is 16.1. The Bertz CT molecular complexity index is 676. The number of hydrogen-bond donors (Lipinski definition) is 1. The van der Waals surface area contributed by atoms with E-state index in [-0.39, 0.29) is 5.91 Å². The minimum atomic E-state index is 0.0261. The Morgan fingerprint density at radius 3 is 2.50 bits per heavy atom. The zero-order valence-corrected chi connectivity index (χ0v) is 14.6. The molecule has 0 spiro atoms. The van der Waals surface area contributed by atoms with Crippen molar-refractivity contribution < 1.29 is 4.79 Å². The molecule has 0 radical (unpaired) electrons. The second-order valence-corrected chi connectivity index (χ2v) is 6.95. The Kier molecular flexibility index (Phi) is 5.19. The molecule has 1 aliphatic heterocycles. The molecule has 1 amide bonds. The zero-order chi connectivity index (χ0) is 16.9. The van der Waals surface area contributed by atoms with Crippen molar-refractivity contribution in [1.29, 1.82) is 0 Å². The van der Waals surface area contributed by atoms with E-state index in [2.05, 4.69) is 36.2 Å². The van der Waals surface area contributed by atoms with E-state index >= 15 is 0 Å². The van der Waals surface area contributed by atoms with Gasteiger partial charge in [-0.1, -0.05) is 36.8 Å². The highest BCUT2D eigenvalue weighted by Crippen LogP contribution is 2.24. The molecule has 1 N–H and O–H groups in total. The summed E-state index contributed by atoms with van der Waals surface area (Å²) in [5.41, 5.74) is 4.36. The lowest BCUT2D eigenvalue weighted by Gasteiger charge is -2.32. The predicted octanol–water partition coefficient (Wildman–Crippen LogP) is 4.41. The van der Waals surface area contributed by atoms with Gasteiger partial charge in [-0.3, -0.25) is 4.79 Å². The molecule has 0 aromatic heterocycles. The van der Waals surface area contributed by atoms with Gasteiger partial charge in [0.25, 0.3) is 0 Å². The summed E-state index contributed by atoms with van der Waals surface area (Å²) in [6.07, 6.45) is 2.99. The van der Waals surface area contributed by atoms with Crippen LogP contribution < -0.4 is 10.2 Å². The van der Waals surface area contributed by atoms with E-state index in [4.69, 9.17) is 0 Å². The van der Waals surface area contributed by atoms with Crippen LogP contribution in [0.3, 0.4) is 0 Å². The van der Waals surface area contributed by atoms with Crippen LogP contribution in [0.1, 0.15) is 30.9 Å². The quantitative estimate of drug-likeness (QED) is 0.904. The highest BCUT2D eigenvalue weighted by molar-refractivity contribution is 5.92. The lowest BCUT2D eigenvalue weighted by atomic mass is 10.00. The average molecular weight is 322 g/mol. The van der Waals surface area contributed by atoms with E-state index in [9.17, 15) is 4.79 Å². The van der Waals surface area contributed by atoms with Crippen molar-refractivity contribution in [2.75, 3.05) is 23.3 Å². The minimum absolute atomic E-state index is 0.0261. The first-order chi connectivity index (χ1) is 11.6. The van der Waals surface area contributed by atoms with Crippen molar-refractivity contribution in [1.82, 2.24) is 0 Å². The molecule has 0 bridgehead atoms. The van der Waals surface area contributed by atoms with E-state index in [1.807, 2.05) is 36.4 Å². The van der Waals surface area contributed by atoms with Crippen molar-refractivity contribution in [3.8, 4) is 0 Å². The van der Waals surface area contributed by atoms with Gasteiger partial charge in [-0.2, -0.15) is 0 Å². The van der Waals surface area contributed by atoms with Crippen LogP contribution in [-0.2, 0) is 11.2 Å². The van der Waals surface area contributed by atoms with Crippen LogP contribution in [-0.4, -0.2) is 19.0 Å². The van der Waals surface area contributed by atoms with Crippen molar-refractivity contribution in [3.63, 3.8) is 0 Å². The molecule has 0 saturated carbocycles. The predicted molar refractivity (Wildman–Crippen MR) is 101 cm³/mol. The van der Waals surface area contributed by atoms with Crippen LogP contribution in [0.2, 0.25) is 0 Å². The summed E-state index contributed by atoms with van der Waals surface area (Å²) in [6.45, 7) is 6.61. The van der Waals surface area contributed by atoms with Crippen LogP contribution in [0.4, 0.5) is 11.4 Å². The minimum Gasteiger partial charge on any atom is -0.371 e. The maximum absolute atomic E-state index is 12.2. The average Bonchev–Trinajstić information content (AvgIpc) is 2.58. The van der Waals surface area contributed by atoms with Gasteiger partial charge in [0, 0.05) is 24.5 Å². The number of nitrogens with zero attached hydrogens (tertiary/aromatic N) is 1. The number of piperidine rings is 1. The van der Waals surface area contributed by atoms with Gasteiger partial charge in [-0.05, 0) is 55.5 Å². The Morgan fingerprint density at radius 2 is 1.83 bits per heavy atom. The number of carbonyl (C=O) groups excluding carboxylic acids is 1. The third-order valence-corrected chi connectivity index (χ3v) is 4.66. The maximum atomic E-state index is 12.2. The smallest absolute Gasteiger partial charge is 0.228 e. The first kappa shape index (κ1) is 16.6. The fourth-order valence-electron chi connectivity index (χ4n) is 3.28. The SMILES string of the molecule is Cc1ccc(CC(=O)Nc2ccc(N3CCCC(C)C3)cc2)cc1. The number of carbonyl (C=O) groups is 1. The molecule has 1 atom stereocenters. The largest absolute Gasteiger partial charge is 0.371 e. The lowest BCUT2D eigenvalue weighted by Crippen LogP contribution is -2.34. The first-order valence-electron chi connectivity index (χ1n) is 8.80. The van der Waals surface area contributed by atoms with E-state index < -0.39 is 0 Å². The van der Waals surface area contributed by atoms with E-state index in [0.29, 0.717) is 6.42 Å². The molecule has 3 rings (SSSR count). The van der Waals surface area contributed by atoms with Crippen LogP contribution in [0, 0.1) is 12.8 Å². The molecule has 3 nitrogen and oxygen atoms in total. The number of aryl methyl sites for hydroxylation is 1. The lowest BCUT2D eigenvalue weighted by molar-refractivity contribution is -0.115. The molecule has 1 saturated heterocycles. The summed E-state index contributed by atoms with van der Waals surface area (Å²) in [7, 11) is 0. The van der Waals surface area contributed by atoms with Crippen LogP contribution in [0.15, 0.2) is 48.5 Å². The number of hydrogen-bond acceptors (Lipinski definition) is 2. The van der Waals surface area contributed by atoms with E-state index in [1.165, 1.54) is 24.1 Å². The summed E-state index contributed by atoms with van der Waals surface area (Å²) in [4.78, 5) is 14.6. The molecular formula is C21H26N2O. The molecular weight excluding hydrogens is 296 g/mol. The normalized spacial score (nSPS) is 17.6. The Labute approximate surface area is 144 Å². The standard InChI is InChI=1S/C21H26N2O/c1-16-5-7-18(8-6-16)14-21(24)22-19-9-11-20(12-10-19)23-13-3-4-17(2)15-23/h5-12,17H,3-4,13-15H2,1-2H3,(H,22,24). The molecule has 1 heterocycles. The second-order valence-electron chi connectivity index (χ2n) is 6.95. The number of amides is 1. The van der Waals surface area contributed by atoms with Crippen molar-refractivity contribution in [3.05, 3.63) is 59.7 Å². The Hall–Kier alpha value is -2.29. The van der Waals surface area contributed by atoms with Gasteiger partial charge in [0.2, 0.25) is 5.91 Å². The fourth-order valence-corrected chi connectivity index (χ4v) is 3.28. The summed E-state index contributed by atoms with van der Waals surface area (Å²) >= 11 is 0. The topological polar surface area (TPSA) is 32.3 Å². The maximum Gasteiger partial charge on any atom is 0.228 e.